The number of nitrogens with zero attached hydrogens (tertiary/aromatic N) is 1. The van der Waals surface area contributed by atoms with Crippen LogP contribution < -0.4 is 16.2 Å². The Morgan fingerprint density at radius 2 is 1.68 bits per heavy atom. The van der Waals surface area contributed by atoms with E-state index in [1.54, 1.807) is 6.20 Å². The fourth-order valence-corrected chi connectivity index (χ4v) is 4.00. The highest BCUT2D eigenvalue weighted by Crippen LogP contribution is 2.37. The fraction of sp³-hybridized carbons (Fsp3) is 0.647. The molecule has 3 rings (SSSR count). The molecule has 5 nitrogen and oxygen atoms in total. The summed E-state index contributed by atoms with van der Waals surface area (Å²) >= 11 is 0. The molecule has 0 aromatic carbocycles. The summed E-state index contributed by atoms with van der Waals surface area (Å²) in [6.45, 7) is 0. The van der Waals surface area contributed by atoms with Gasteiger partial charge in [-0.05, 0) is 49.7 Å². The number of carbonyl (C=O) groups excluding carboxylic acids is 1. The highest BCUT2D eigenvalue weighted by atomic mass is 16.2. The summed E-state index contributed by atoms with van der Waals surface area (Å²) in [5.41, 5.74) is 5.57. The third-order valence-corrected chi connectivity index (χ3v) is 5.08. The van der Waals surface area contributed by atoms with Gasteiger partial charge in [0.25, 0.3) is 0 Å². The van der Waals surface area contributed by atoms with Crippen LogP contribution in [0.25, 0.3) is 0 Å². The van der Waals surface area contributed by atoms with Gasteiger partial charge in [-0.3, -0.25) is 10.9 Å². The van der Waals surface area contributed by atoms with E-state index in [1.807, 2.05) is 18.2 Å². The van der Waals surface area contributed by atoms with Crippen LogP contribution in [0.2, 0.25) is 0 Å². The number of hydrogen-bond donors (Lipinski definition) is 3. The molecule has 2 fully saturated rings. The number of aromatic nitrogens is 1. The molecular formula is C17H26N4O. The van der Waals surface area contributed by atoms with Crippen LogP contribution in [-0.2, 0) is 0 Å². The summed E-state index contributed by atoms with van der Waals surface area (Å²) in [4.78, 5) is 16.4. The van der Waals surface area contributed by atoms with Crippen LogP contribution in [-0.4, -0.2) is 17.1 Å². The van der Waals surface area contributed by atoms with E-state index in [-0.39, 0.29) is 6.03 Å². The topological polar surface area (TPSA) is 66.0 Å². The molecule has 22 heavy (non-hydrogen) atoms. The van der Waals surface area contributed by atoms with E-state index >= 15 is 0 Å². The predicted molar refractivity (Wildman–Crippen MR) is 87.2 cm³/mol. The second kappa shape index (κ2) is 7.47. The van der Waals surface area contributed by atoms with Gasteiger partial charge in [0.1, 0.15) is 5.82 Å². The summed E-state index contributed by atoms with van der Waals surface area (Å²) in [6, 6.07) is 5.74. The maximum absolute atomic E-state index is 12.2. The Morgan fingerprint density at radius 1 is 1.05 bits per heavy atom. The molecule has 2 saturated carbocycles. The van der Waals surface area contributed by atoms with Gasteiger partial charge in [0.15, 0.2) is 0 Å². The molecule has 1 aromatic rings. The Morgan fingerprint density at radius 3 is 2.23 bits per heavy atom. The second-order valence-electron chi connectivity index (χ2n) is 6.55. The molecule has 2 aliphatic rings. The van der Waals surface area contributed by atoms with Crippen molar-refractivity contribution in [1.82, 2.24) is 15.7 Å². The first-order valence-electron chi connectivity index (χ1n) is 8.56. The first kappa shape index (κ1) is 15.1. The summed E-state index contributed by atoms with van der Waals surface area (Å²) in [5, 5.41) is 3.23. The molecule has 0 radical (unpaired) electrons. The van der Waals surface area contributed by atoms with Crippen LogP contribution in [0.4, 0.5) is 10.6 Å². The van der Waals surface area contributed by atoms with Gasteiger partial charge in [-0.2, -0.15) is 0 Å². The molecule has 120 valence electrons. The van der Waals surface area contributed by atoms with Crippen LogP contribution in [0.15, 0.2) is 24.4 Å². The van der Waals surface area contributed by atoms with Crippen molar-refractivity contribution in [3.8, 4) is 0 Å². The quantitative estimate of drug-likeness (QED) is 0.730. The van der Waals surface area contributed by atoms with Gasteiger partial charge in [0.05, 0.1) is 0 Å². The molecule has 1 aromatic heterocycles. The monoisotopic (exact) mass is 302 g/mol. The number of rotatable bonds is 5. The molecule has 0 spiro atoms. The summed E-state index contributed by atoms with van der Waals surface area (Å²) in [6.07, 6.45) is 12.0. The average molecular weight is 302 g/mol. The number of amides is 2. The highest BCUT2D eigenvalue weighted by molar-refractivity contribution is 5.75. The average Bonchev–Trinajstić information content (AvgIpc) is 3.25. The van der Waals surface area contributed by atoms with E-state index in [0.717, 1.165) is 0 Å². The molecule has 0 atom stereocenters. The Hall–Kier alpha value is -1.78. The van der Waals surface area contributed by atoms with Gasteiger partial charge in [-0.1, -0.05) is 31.7 Å². The first-order chi connectivity index (χ1) is 10.8. The van der Waals surface area contributed by atoms with Gasteiger partial charge >= 0.3 is 6.03 Å². The van der Waals surface area contributed by atoms with E-state index in [1.165, 1.54) is 51.4 Å². The third-order valence-electron chi connectivity index (χ3n) is 5.08. The normalized spacial score (nSPS) is 19.5. The summed E-state index contributed by atoms with van der Waals surface area (Å²) in [7, 11) is 0. The zero-order chi connectivity index (χ0) is 15.2. The fourth-order valence-electron chi connectivity index (χ4n) is 4.00. The Labute approximate surface area is 132 Å². The molecular weight excluding hydrogens is 276 g/mol. The number of anilines is 1. The minimum atomic E-state index is -0.144. The van der Waals surface area contributed by atoms with Crippen LogP contribution in [0.5, 0.6) is 0 Å². The molecule has 3 N–H and O–H groups in total. The van der Waals surface area contributed by atoms with Gasteiger partial charge in [-0.25, -0.2) is 9.78 Å². The zero-order valence-corrected chi connectivity index (χ0v) is 13.1. The van der Waals surface area contributed by atoms with Gasteiger partial charge < -0.3 is 5.32 Å². The van der Waals surface area contributed by atoms with Crippen molar-refractivity contribution in [1.29, 1.82) is 0 Å². The first-order valence-corrected chi connectivity index (χ1v) is 8.56. The largest absolute Gasteiger partial charge is 0.333 e. The molecule has 0 aliphatic heterocycles. The minimum absolute atomic E-state index is 0.144. The lowest BCUT2D eigenvalue weighted by Gasteiger charge is -2.30. The van der Waals surface area contributed by atoms with Crippen molar-refractivity contribution < 1.29 is 4.79 Å². The van der Waals surface area contributed by atoms with Crippen molar-refractivity contribution in [3.05, 3.63) is 24.4 Å². The number of pyridine rings is 1. The number of nitrogens with one attached hydrogen (secondary N) is 3. The molecule has 0 bridgehead atoms. The van der Waals surface area contributed by atoms with E-state index in [9.17, 15) is 4.79 Å². The standard InChI is InChI=1S/C17H26N4O/c22-17(21-20-15-11-5-6-12-18-15)19-16(13-7-1-2-8-13)14-9-3-4-10-14/h5-6,11-14,16H,1-4,7-10H2,(H,18,20)(H2,19,21,22). The van der Waals surface area contributed by atoms with Gasteiger partial charge in [0.2, 0.25) is 0 Å². The zero-order valence-electron chi connectivity index (χ0n) is 13.1. The molecule has 0 saturated heterocycles. The molecule has 5 heteroatoms. The SMILES string of the molecule is O=C(NNc1ccccn1)NC(C1CCCC1)C1CCCC1. The lowest BCUT2D eigenvalue weighted by atomic mass is 9.86. The Kier molecular flexibility index (Phi) is 5.14. The predicted octanol–water partition coefficient (Wildman–Crippen LogP) is 3.46. The maximum Gasteiger partial charge on any atom is 0.333 e. The van der Waals surface area contributed by atoms with Crippen molar-refractivity contribution in [2.24, 2.45) is 11.8 Å². The van der Waals surface area contributed by atoms with Crippen molar-refractivity contribution in [2.75, 3.05) is 5.43 Å². The summed E-state index contributed by atoms with van der Waals surface area (Å²) in [5.74, 6) is 1.96. The lowest BCUT2D eigenvalue weighted by Crippen LogP contribution is -2.49. The van der Waals surface area contributed by atoms with Crippen molar-refractivity contribution >= 4 is 11.8 Å². The minimum Gasteiger partial charge on any atom is -0.333 e. The van der Waals surface area contributed by atoms with E-state index in [0.29, 0.717) is 23.7 Å². The smallest absolute Gasteiger partial charge is 0.333 e. The highest BCUT2D eigenvalue weighted by Gasteiger charge is 2.34. The van der Waals surface area contributed by atoms with Crippen LogP contribution in [0, 0.1) is 11.8 Å². The number of carbonyl (C=O) groups is 1. The van der Waals surface area contributed by atoms with Crippen LogP contribution >= 0.6 is 0 Å². The second-order valence-corrected chi connectivity index (χ2v) is 6.55. The Balaban J connectivity index is 1.54. The molecule has 1 heterocycles. The van der Waals surface area contributed by atoms with E-state index < -0.39 is 0 Å². The maximum atomic E-state index is 12.2. The number of urea groups is 1. The van der Waals surface area contributed by atoms with Gasteiger partial charge in [0, 0.05) is 12.2 Å². The van der Waals surface area contributed by atoms with Crippen LogP contribution in [0.3, 0.4) is 0 Å². The number of hydrazine groups is 1. The summed E-state index contributed by atoms with van der Waals surface area (Å²) < 4.78 is 0. The molecule has 2 aliphatic carbocycles. The van der Waals surface area contributed by atoms with Crippen LogP contribution in [0.1, 0.15) is 51.4 Å². The Bertz CT molecular complexity index is 451. The van der Waals surface area contributed by atoms with E-state index in [4.69, 9.17) is 0 Å². The van der Waals surface area contributed by atoms with Gasteiger partial charge in [-0.15, -0.1) is 0 Å². The van der Waals surface area contributed by atoms with Crippen molar-refractivity contribution in [3.63, 3.8) is 0 Å². The van der Waals surface area contributed by atoms with Crippen molar-refractivity contribution in [2.45, 2.75) is 57.4 Å². The number of hydrogen-bond acceptors (Lipinski definition) is 3. The molecule has 0 unspecified atom stereocenters. The van der Waals surface area contributed by atoms with E-state index in [2.05, 4.69) is 21.2 Å². The molecule has 2 amide bonds. The third kappa shape index (κ3) is 3.90. The lowest BCUT2D eigenvalue weighted by molar-refractivity contribution is 0.217.